The van der Waals surface area contributed by atoms with E-state index in [0.717, 1.165) is 43.8 Å². The highest BCUT2D eigenvalue weighted by atomic mass is 16.4. The third-order valence-corrected chi connectivity index (χ3v) is 6.86. The summed E-state index contributed by atoms with van der Waals surface area (Å²) in [5.41, 5.74) is 2.21. The number of hydrogen-bond acceptors (Lipinski definition) is 6. The van der Waals surface area contributed by atoms with Gasteiger partial charge in [0, 0.05) is 56.9 Å². The largest absolute Gasteiger partial charge is 0.419 e. The van der Waals surface area contributed by atoms with Crippen molar-refractivity contribution in [3.8, 4) is 11.5 Å². The zero-order valence-electron chi connectivity index (χ0n) is 18.3. The van der Waals surface area contributed by atoms with Crippen molar-refractivity contribution in [2.45, 2.75) is 58.7 Å². The number of nitrogens with zero attached hydrogens (tertiary/aromatic N) is 5. The molecule has 158 valence electrons. The van der Waals surface area contributed by atoms with Gasteiger partial charge >= 0.3 is 0 Å². The normalized spacial score (nSPS) is 25.5. The van der Waals surface area contributed by atoms with Gasteiger partial charge in [0.15, 0.2) is 0 Å². The standard InChI is InChI=1S/C23H35N5O/c1-17-5-9-21(10-6-17)23-25-24-22(29-23)20(4)27-14-11-26(12-15-27)13-16-28-18(2)7-8-19(28)3/h5-6,9-10,18-20H,7-8,11-16H2,1-4H3. The predicted molar refractivity (Wildman–Crippen MR) is 116 cm³/mol. The Balaban J connectivity index is 1.28. The van der Waals surface area contributed by atoms with Crippen molar-refractivity contribution in [3.63, 3.8) is 0 Å². The van der Waals surface area contributed by atoms with E-state index in [1.54, 1.807) is 0 Å². The molecule has 3 atom stereocenters. The lowest BCUT2D eigenvalue weighted by Gasteiger charge is -2.38. The molecular formula is C23H35N5O. The van der Waals surface area contributed by atoms with Gasteiger partial charge in [0.05, 0.1) is 6.04 Å². The van der Waals surface area contributed by atoms with Crippen LogP contribution in [0.3, 0.4) is 0 Å². The number of aromatic nitrogens is 2. The van der Waals surface area contributed by atoms with Crippen LogP contribution in [-0.4, -0.2) is 76.2 Å². The van der Waals surface area contributed by atoms with E-state index in [1.807, 2.05) is 12.1 Å². The average molecular weight is 398 g/mol. The van der Waals surface area contributed by atoms with Crippen LogP contribution in [0, 0.1) is 6.92 Å². The molecule has 0 aliphatic carbocycles. The monoisotopic (exact) mass is 397 g/mol. The zero-order chi connectivity index (χ0) is 20.4. The van der Waals surface area contributed by atoms with Crippen molar-refractivity contribution < 1.29 is 4.42 Å². The maximum absolute atomic E-state index is 6.01. The van der Waals surface area contributed by atoms with Crippen LogP contribution >= 0.6 is 0 Å². The number of aryl methyl sites for hydroxylation is 1. The third-order valence-electron chi connectivity index (χ3n) is 6.86. The van der Waals surface area contributed by atoms with Crippen LogP contribution in [0.4, 0.5) is 0 Å². The molecule has 2 aromatic rings. The van der Waals surface area contributed by atoms with Crippen molar-refractivity contribution >= 4 is 0 Å². The molecule has 0 amide bonds. The summed E-state index contributed by atoms with van der Waals surface area (Å²) in [6.07, 6.45) is 2.70. The first kappa shape index (κ1) is 20.5. The summed E-state index contributed by atoms with van der Waals surface area (Å²) in [7, 11) is 0. The molecular weight excluding hydrogens is 362 g/mol. The van der Waals surface area contributed by atoms with Crippen molar-refractivity contribution in [1.29, 1.82) is 0 Å². The third kappa shape index (κ3) is 4.71. The van der Waals surface area contributed by atoms with Gasteiger partial charge in [-0.05, 0) is 52.7 Å². The Bertz CT molecular complexity index is 771. The minimum Gasteiger partial charge on any atom is -0.419 e. The zero-order valence-corrected chi connectivity index (χ0v) is 18.3. The molecule has 2 saturated heterocycles. The summed E-state index contributed by atoms with van der Waals surface area (Å²) < 4.78 is 6.01. The molecule has 0 radical (unpaired) electrons. The summed E-state index contributed by atoms with van der Waals surface area (Å²) >= 11 is 0. The van der Waals surface area contributed by atoms with Crippen LogP contribution in [0.25, 0.3) is 11.5 Å². The van der Waals surface area contributed by atoms with Gasteiger partial charge in [-0.1, -0.05) is 17.7 Å². The molecule has 4 rings (SSSR count). The molecule has 0 bridgehead atoms. The van der Waals surface area contributed by atoms with Crippen molar-refractivity contribution in [3.05, 3.63) is 35.7 Å². The minimum atomic E-state index is 0.155. The Labute approximate surface area is 174 Å². The molecule has 2 aliphatic rings. The molecule has 0 spiro atoms. The summed E-state index contributed by atoms with van der Waals surface area (Å²) in [6.45, 7) is 15.7. The first-order chi connectivity index (χ1) is 14.0. The summed E-state index contributed by atoms with van der Waals surface area (Å²) in [6, 6.07) is 9.87. The van der Waals surface area contributed by atoms with Crippen LogP contribution in [0.2, 0.25) is 0 Å². The molecule has 3 heterocycles. The molecule has 2 aliphatic heterocycles. The molecule has 6 heteroatoms. The average Bonchev–Trinajstić information content (AvgIpc) is 3.34. The number of piperazine rings is 1. The molecule has 1 aromatic heterocycles. The lowest BCUT2D eigenvalue weighted by atomic mass is 10.1. The Morgan fingerprint density at radius 2 is 1.62 bits per heavy atom. The number of hydrogen-bond donors (Lipinski definition) is 0. The maximum Gasteiger partial charge on any atom is 0.247 e. The molecule has 0 N–H and O–H groups in total. The number of benzene rings is 1. The molecule has 2 fully saturated rings. The van der Waals surface area contributed by atoms with E-state index in [0.29, 0.717) is 11.8 Å². The fraction of sp³-hybridized carbons (Fsp3) is 0.652. The van der Waals surface area contributed by atoms with Crippen molar-refractivity contribution in [2.75, 3.05) is 39.3 Å². The van der Waals surface area contributed by atoms with Crippen LogP contribution in [0.15, 0.2) is 28.7 Å². The van der Waals surface area contributed by atoms with E-state index in [-0.39, 0.29) is 6.04 Å². The number of rotatable bonds is 6. The quantitative estimate of drug-likeness (QED) is 0.742. The topological polar surface area (TPSA) is 48.6 Å². The Morgan fingerprint density at radius 3 is 2.28 bits per heavy atom. The first-order valence-electron chi connectivity index (χ1n) is 11.1. The highest BCUT2D eigenvalue weighted by molar-refractivity contribution is 5.52. The fourth-order valence-electron chi connectivity index (χ4n) is 4.69. The fourth-order valence-corrected chi connectivity index (χ4v) is 4.69. The van der Waals surface area contributed by atoms with Crippen LogP contribution in [0.1, 0.15) is 51.1 Å². The van der Waals surface area contributed by atoms with E-state index < -0.39 is 0 Å². The van der Waals surface area contributed by atoms with Gasteiger partial charge in [0.2, 0.25) is 11.8 Å². The first-order valence-corrected chi connectivity index (χ1v) is 11.1. The van der Waals surface area contributed by atoms with Gasteiger partial charge in [-0.2, -0.15) is 0 Å². The van der Waals surface area contributed by atoms with E-state index in [1.165, 1.54) is 31.5 Å². The van der Waals surface area contributed by atoms with Gasteiger partial charge in [-0.15, -0.1) is 10.2 Å². The summed E-state index contributed by atoms with van der Waals surface area (Å²) in [5.74, 6) is 1.33. The highest BCUT2D eigenvalue weighted by Crippen LogP contribution is 2.26. The smallest absolute Gasteiger partial charge is 0.247 e. The predicted octanol–water partition coefficient (Wildman–Crippen LogP) is 3.60. The minimum absolute atomic E-state index is 0.155. The van der Waals surface area contributed by atoms with Crippen LogP contribution in [0.5, 0.6) is 0 Å². The Hall–Kier alpha value is -1.76. The summed E-state index contributed by atoms with van der Waals surface area (Å²) in [5, 5.41) is 8.61. The van der Waals surface area contributed by atoms with Crippen molar-refractivity contribution in [1.82, 2.24) is 24.9 Å². The van der Waals surface area contributed by atoms with Crippen LogP contribution < -0.4 is 0 Å². The van der Waals surface area contributed by atoms with Crippen molar-refractivity contribution in [2.24, 2.45) is 0 Å². The molecule has 0 saturated carbocycles. The van der Waals surface area contributed by atoms with Crippen LogP contribution in [-0.2, 0) is 0 Å². The van der Waals surface area contributed by atoms with Gasteiger partial charge in [0.25, 0.3) is 0 Å². The van der Waals surface area contributed by atoms with E-state index in [9.17, 15) is 0 Å². The van der Waals surface area contributed by atoms with Gasteiger partial charge in [-0.3, -0.25) is 14.7 Å². The number of likely N-dealkylation sites (tertiary alicyclic amines) is 1. The summed E-state index contributed by atoms with van der Waals surface area (Å²) in [4.78, 5) is 7.75. The molecule has 1 aromatic carbocycles. The molecule has 6 nitrogen and oxygen atoms in total. The SMILES string of the molecule is Cc1ccc(-c2nnc(C(C)N3CCN(CCN4C(C)CCC4C)CC3)o2)cc1. The second kappa shape index (κ2) is 8.94. The lowest BCUT2D eigenvalue weighted by Crippen LogP contribution is -2.49. The highest BCUT2D eigenvalue weighted by Gasteiger charge is 2.29. The van der Waals surface area contributed by atoms with Gasteiger partial charge in [0.1, 0.15) is 0 Å². The lowest BCUT2D eigenvalue weighted by molar-refractivity contribution is 0.0796. The van der Waals surface area contributed by atoms with Gasteiger partial charge < -0.3 is 4.42 Å². The van der Waals surface area contributed by atoms with E-state index in [4.69, 9.17) is 4.42 Å². The maximum atomic E-state index is 6.01. The van der Waals surface area contributed by atoms with Gasteiger partial charge in [-0.25, -0.2) is 0 Å². The van der Waals surface area contributed by atoms with E-state index in [2.05, 4.69) is 64.7 Å². The second-order valence-electron chi connectivity index (χ2n) is 8.88. The molecule has 3 unspecified atom stereocenters. The Kier molecular flexibility index (Phi) is 6.32. The van der Waals surface area contributed by atoms with E-state index >= 15 is 0 Å². The Morgan fingerprint density at radius 1 is 0.966 bits per heavy atom. The second-order valence-corrected chi connectivity index (χ2v) is 8.88. The molecule has 29 heavy (non-hydrogen) atoms.